The molecular formula is C14H11BrN4OS. The largest absolute Gasteiger partial charge is 0.325 e. The Morgan fingerprint density at radius 3 is 3.05 bits per heavy atom. The molecule has 0 radical (unpaired) electrons. The van der Waals surface area contributed by atoms with E-state index in [1.54, 1.807) is 11.6 Å². The number of halogens is 1. The van der Waals surface area contributed by atoms with Gasteiger partial charge in [0.2, 0.25) is 0 Å². The molecule has 0 spiro atoms. The highest BCUT2D eigenvalue weighted by Crippen LogP contribution is 2.24. The second-order valence-corrected chi connectivity index (χ2v) is 6.17. The first-order chi connectivity index (χ1) is 10.2. The lowest BCUT2D eigenvalue weighted by Gasteiger charge is -2.07. The first-order valence-corrected chi connectivity index (χ1v) is 7.85. The summed E-state index contributed by atoms with van der Waals surface area (Å²) in [6, 6.07) is 7.58. The number of rotatable bonds is 3. The number of nitrogens with two attached hydrogens (primary N) is 1. The van der Waals surface area contributed by atoms with Crippen molar-refractivity contribution in [2.24, 2.45) is 5.73 Å². The van der Waals surface area contributed by atoms with Crippen LogP contribution in [0.2, 0.25) is 0 Å². The maximum atomic E-state index is 12.2. The van der Waals surface area contributed by atoms with Crippen molar-refractivity contribution < 1.29 is 4.79 Å². The zero-order valence-electron chi connectivity index (χ0n) is 10.8. The van der Waals surface area contributed by atoms with E-state index in [2.05, 4.69) is 31.2 Å². The van der Waals surface area contributed by atoms with Crippen LogP contribution in [0.4, 0.5) is 5.69 Å². The van der Waals surface area contributed by atoms with E-state index >= 15 is 0 Å². The van der Waals surface area contributed by atoms with Gasteiger partial charge in [-0.15, -0.1) is 11.3 Å². The third-order valence-electron chi connectivity index (χ3n) is 2.88. The van der Waals surface area contributed by atoms with Crippen LogP contribution in [0, 0.1) is 0 Å². The van der Waals surface area contributed by atoms with Crippen molar-refractivity contribution in [2.75, 3.05) is 5.32 Å². The predicted molar refractivity (Wildman–Crippen MR) is 87.4 cm³/mol. The van der Waals surface area contributed by atoms with Crippen LogP contribution in [-0.4, -0.2) is 15.9 Å². The van der Waals surface area contributed by atoms with Crippen LogP contribution in [0.25, 0.3) is 10.9 Å². The topological polar surface area (TPSA) is 80.9 Å². The zero-order chi connectivity index (χ0) is 14.8. The number of amides is 1. The maximum absolute atomic E-state index is 12.2. The summed E-state index contributed by atoms with van der Waals surface area (Å²) >= 11 is 4.76. The molecule has 0 saturated heterocycles. The van der Waals surface area contributed by atoms with Gasteiger partial charge in [-0.05, 0) is 28.1 Å². The number of aromatic nitrogens is 2. The van der Waals surface area contributed by atoms with Crippen molar-refractivity contribution in [1.82, 2.24) is 9.97 Å². The number of anilines is 1. The van der Waals surface area contributed by atoms with Gasteiger partial charge in [0.15, 0.2) is 0 Å². The van der Waals surface area contributed by atoms with E-state index < -0.39 is 0 Å². The van der Waals surface area contributed by atoms with Gasteiger partial charge in [-0.25, -0.2) is 4.98 Å². The number of para-hydroxylation sites is 1. The molecule has 2 aromatic heterocycles. The Morgan fingerprint density at radius 1 is 1.43 bits per heavy atom. The van der Waals surface area contributed by atoms with Gasteiger partial charge >= 0.3 is 0 Å². The second-order valence-electron chi connectivity index (χ2n) is 4.32. The van der Waals surface area contributed by atoms with E-state index in [0.29, 0.717) is 17.9 Å². The molecule has 0 bridgehead atoms. The summed E-state index contributed by atoms with van der Waals surface area (Å²) in [5.41, 5.74) is 7.27. The van der Waals surface area contributed by atoms with Crippen molar-refractivity contribution in [3.05, 3.63) is 51.0 Å². The Morgan fingerprint density at radius 2 is 2.29 bits per heavy atom. The molecule has 2 heterocycles. The Hall–Kier alpha value is -1.83. The van der Waals surface area contributed by atoms with Crippen LogP contribution < -0.4 is 11.1 Å². The number of hydrogen-bond donors (Lipinski definition) is 2. The van der Waals surface area contributed by atoms with Crippen LogP contribution in [0.3, 0.4) is 0 Å². The van der Waals surface area contributed by atoms with Crippen molar-refractivity contribution in [2.45, 2.75) is 6.54 Å². The van der Waals surface area contributed by atoms with E-state index in [1.165, 1.54) is 11.3 Å². The van der Waals surface area contributed by atoms with E-state index in [4.69, 9.17) is 5.73 Å². The van der Waals surface area contributed by atoms with E-state index in [-0.39, 0.29) is 5.91 Å². The minimum atomic E-state index is -0.261. The fraction of sp³-hybridized carbons (Fsp3) is 0.0714. The monoisotopic (exact) mass is 362 g/mol. The van der Waals surface area contributed by atoms with Gasteiger partial charge in [-0.3, -0.25) is 9.78 Å². The highest BCUT2D eigenvalue weighted by molar-refractivity contribution is 9.10. The predicted octanol–water partition coefficient (Wildman–Crippen LogP) is 3.16. The summed E-state index contributed by atoms with van der Waals surface area (Å²) in [6.07, 6.45) is 1.70. The molecule has 0 aliphatic rings. The smallest absolute Gasteiger partial charge is 0.275 e. The van der Waals surface area contributed by atoms with Crippen LogP contribution in [0.5, 0.6) is 0 Å². The molecule has 0 atom stereocenters. The van der Waals surface area contributed by atoms with Crippen LogP contribution in [-0.2, 0) is 6.54 Å². The SMILES string of the molecule is NCc1nc(C(=O)Nc2cccc3cc(Br)cnc23)cs1. The summed E-state index contributed by atoms with van der Waals surface area (Å²) in [5.74, 6) is -0.261. The van der Waals surface area contributed by atoms with Crippen LogP contribution in [0.1, 0.15) is 15.5 Å². The summed E-state index contributed by atoms with van der Waals surface area (Å²) in [5, 5.41) is 6.23. The first-order valence-electron chi connectivity index (χ1n) is 6.17. The average Bonchev–Trinajstić information content (AvgIpc) is 2.96. The van der Waals surface area contributed by atoms with Crippen molar-refractivity contribution in [3.8, 4) is 0 Å². The number of carbonyl (C=O) groups is 1. The third-order valence-corrected chi connectivity index (χ3v) is 4.19. The van der Waals surface area contributed by atoms with Crippen molar-refractivity contribution in [3.63, 3.8) is 0 Å². The van der Waals surface area contributed by atoms with Gasteiger partial charge in [-0.1, -0.05) is 12.1 Å². The van der Waals surface area contributed by atoms with Crippen LogP contribution in [0.15, 0.2) is 40.3 Å². The summed E-state index contributed by atoms with van der Waals surface area (Å²) in [7, 11) is 0. The summed E-state index contributed by atoms with van der Waals surface area (Å²) in [6.45, 7) is 0.335. The molecule has 21 heavy (non-hydrogen) atoms. The number of hydrogen-bond acceptors (Lipinski definition) is 5. The minimum Gasteiger partial charge on any atom is -0.325 e. The highest BCUT2D eigenvalue weighted by atomic mass is 79.9. The van der Waals surface area contributed by atoms with Gasteiger partial charge in [0.25, 0.3) is 5.91 Å². The van der Waals surface area contributed by atoms with Gasteiger partial charge in [0.05, 0.1) is 11.2 Å². The van der Waals surface area contributed by atoms with Gasteiger partial charge < -0.3 is 11.1 Å². The normalized spacial score (nSPS) is 10.8. The highest BCUT2D eigenvalue weighted by Gasteiger charge is 2.12. The molecule has 1 amide bonds. The number of fused-ring (bicyclic) bond motifs is 1. The number of nitrogens with one attached hydrogen (secondary N) is 1. The molecule has 5 nitrogen and oxygen atoms in total. The fourth-order valence-corrected chi connectivity index (χ4v) is 2.93. The van der Waals surface area contributed by atoms with E-state index in [0.717, 1.165) is 20.4 Å². The minimum absolute atomic E-state index is 0.261. The molecule has 0 fully saturated rings. The number of nitrogens with zero attached hydrogens (tertiary/aromatic N) is 2. The number of pyridine rings is 1. The molecule has 0 unspecified atom stereocenters. The maximum Gasteiger partial charge on any atom is 0.275 e. The summed E-state index contributed by atoms with van der Waals surface area (Å²) < 4.78 is 0.894. The molecule has 0 aliphatic carbocycles. The van der Waals surface area contributed by atoms with E-state index in [9.17, 15) is 4.79 Å². The second kappa shape index (κ2) is 5.88. The number of thiazole rings is 1. The standard InChI is InChI=1S/C14H11BrN4OS/c15-9-4-8-2-1-3-10(13(8)17-6-9)19-14(20)11-7-21-12(5-16)18-11/h1-4,6-7H,5,16H2,(H,19,20). The Bertz CT molecular complexity index is 818. The lowest BCUT2D eigenvalue weighted by Crippen LogP contribution is -2.13. The Balaban J connectivity index is 1.92. The lowest BCUT2D eigenvalue weighted by atomic mass is 10.2. The van der Waals surface area contributed by atoms with Gasteiger partial charge in [-0.2, -0.15) is 0 Å². The molecule has 3 rings (SSSR count). The zero-order valence-corrected chi connectivity index (χ0v) is 13.2. The lowest BCUT2D eigenvalue weighted by molar-refractivity contribution is 0.102. The molecule has 3 N–H and O–H groups in total. The molecule has 0 saturated carbocycles. The molecule has 1 aromatic carbocycles. The molecular weight excluding hydrogens is 352 g/mol. The third kappa shape index (κ3) is 2.94. The van der Waals surface area contributed by atoms with E-state index in [1.807, 2.05) is 24.3 Å². The number of benzene rings is 1. The Kier molecular flexibility index (Phi) is 3.96. The molecule has 0 aliphatic heterocycles. The fourth-order valence-electron chi connectivity index (χ4n) is 1.93. The first kappa shape index (κ1) is 14.1. The molecule has 106 valence electrons. The van der Waals surface area contributed by atoms with Crippen molar-refractivity contribution in [1.29, 1.82) is 0 Å². The Labute approximate surface area is 133 Å². The van der Waals surface area contributed by atoms with Gasteiger partial charge in [0, 0.05) is 28.0 Å². The molecule has 7 heteroatoms. The summed E-state index contributed by atoms with van der Waals surface area (Å²) in [4.78, 5) is 20.7. The van der Waals surface area contributed by atoms with Crippen LogP contribution >= 0.6 is 27.3 Å². The van der Waals surface area contributed by atoms with Crippen molar-refractivity contribution >= 4 is 49.8 Å². The van der Waals surface area contributed by atoms with Gasteiger partial charge in [0.1, 0.15) is 10.7 Å². The quantitative estimate of drug-likeness (QED) is 0.749. The molecule has 3 aromatic rings. The number of carbonyl (C=O) groups excluding carboxylic acids is 1. The average molecular weight is 363 g/mol.